The molecule has 1 aliphatic heterocycles. The summed E-state index contributed by atoms with van der Waals surface area (Å²) in [5.74, 6) is -2.12. The van der Waals surface area contributed by atoms with Crippen LogP contribution in [0, 0.1) is 12.7 Å². The van der Waals surface area contributed by atoms with Crippen molar-refractivity contribution >= 4 is 41.2 Å². The maximum atomic E-state index is 13.8. The third-order valence-electron chi connectivity index (χ3n) is 5.62. The molecule has 1 aliphatic rings. The van der Waals surface area contributed by atoms with Gasteiger partial charge in [-0.25, -0.2) is 14.1 Å². The molecule has 5 amide bonds. The van der Waals surface area contributed by atoms with E-state index in [2.05, 4.69) is 16.0 Å². The van der Waals surface area contributed by atoms with E-state index in [-0.39, 0.29) is 23.7 Å². The van der Waals surface area contributed by atoms with Crippen molar-refractivity contribution in [2.45, 2.75) is 6.92 Å². The van der Waals surface area contributed by atoms with Gasteiger partial charge in [-0.2, -0.15) is 0 Å². The number of hydrogen-bond donors (Lipinski definition) is 3. The van der Waals surface area contributed by atoms with Gasteiger partial charge in [0, 0.05) is 11.3 Å². The number of carbonyl (C=O) groups excluding carboxylic acids is 4. The van der Waals surface area contributed by atoms with Gasteiger partial charge in [0.15, 0.2) is 18.1 Å². The summed E-state index contributed by atoms with van der Waals surface area (Å²) in [6.45, 7) is 0.952. The minimum Gasteiger partial charge on any atom is -0.493 e. The molecular weight excluding hydrogens is 507 g/mol. The summed E-state index contributed by atoms with van der Waals surface area (Å²) in [6, 6.07) is 16.8. The highest BCUT2D eigenvalue weighted by Crippen LogP contribution is 2.33. The fourth-order valence-electron chi connectivity index (χ4n) is 3.70. The van der Waals surface area contributed by atoms with E-state index in [0.717, 1.165) is 5.56 Å². The highest BCUT2D eigenvalue weighted by Gasteiger charge is 2.35. The van der Waals surface area contributed by atoms with E-state index < -0.39 is 36.1 Å². The summed E-state index contributed by atoms with van der Waals surface area (Å²) in [6.07, 6.45) is 1.35. The number of methoxy groups -OCH3 is 1. The molecule has 10 nitrogen and oxygen atoms in total. The van der Waals surface area contributed by atoms with Crippen LogP contribution in [0.5, 0.6) is 11.5 Å². The Morgan fingerprint density at radius 1 is 0.974 bits per heavy atom. The molecule has 3 N–H and O–H groups in total. The Kier molecular flexibility index (Phi) is 8.20. The lowest BCUT2D eigenvalue weighted by Gasteiger charge is -2.14. The minimum absolute atomic E-state index is 0.0742. The van der Waals surface area contributed by atoms with Crippen molar-refractivity contribution in [1.82, 2.24) is 10.2 Å². The van der Waals surface area contributed by atoms with Crippen LogP contribution in [0.25, 0.3) is 6.08 Å². The van der Waals surface area contributed by atoms with Gasteiger partial charge >= 0.3 is 6.03 Å². The van der Waals surface area contributed by atoms with Crippen molar-refractivity contribution in [2.24, 2.45) is 0 Å². The first-order chi connectivity index (χ1) is 18.7. The third kappa shape index (κ3) is 6.58. The highest BCUT2D eigenvalue weighted by atomic mass is 19.1. The lowest BCUT2D eigenvalue weighted by Crippen LogP contribution is -2.38. The molecule has 1 saturated heterocycles. The number of urea groups is 1. The summed E-state index contributed by atoms with van der Waals surface area (Å²) < 4.78 is 24.9. The van der Waals surface area contributed by atoms with Gasteiger partial charge in [0.1, 0.15) is 18.1 Å². The average Bonchev–Trinajstić information content (AvgIpc) is 3.17. The van der Waals surface area contributed by atoms with Crippen molar-refractivity contribution in [3.63, 3.8) is 0 Å². The van der Waals surface area contributed by atoms with Gasteiger partial charge in [0.2, 0.25) is 5.91 Å². The van der Waals surface area contributed by atoms with Crippen LogP contribution in [0.1, 0.15) is 11.1 Å². The molecule has 4 rings (SSSR count). The number of nitrogens with zero attached hydrogens (tertiary/aromatic N) is 1. The van der Waals surface area contributed by atoms with Crippen LogP contribution in [0.3, 0.4) is 0 Å². The van der Waals surface area contributed by atoms with Crippen LogP contribution < -0.4 is 25.4 Å². The van der Waals surface area contributed by atoms with Crippen molar-refractivity contribution in [2.75, 3.05) is 30.9 Å². The second kappa shape index (κ2) is 11.9. The first-order valence-corrected chi connectivity index (χ1v) is 11.8. The smallest absolute Gasteiger partial charge is 0.329 e. The summed E-state index contributed by atoms with van der Waals surface area (Å²) in [4.78, 5) is 50.9. The van der Waals surface area contributed by atoms with Crippen LogP contribution in [0.2, 0.25) is 0 Å². The number of ether oxygens (including phenoxy) is 2. The number of nitrogens with one attached hydrogen (secondary N) is 3. The Labute approximate surface area is 223 Å². The van der Waals surface area contributed by atoms with Gasteiger partial charge in [-0.3, -0.25) is 14.4 Å². The molecule has 3 aromatic carbocycles. The molecule has 0 radical (unpaired) electrons. The number of imide groups is 1. The predicted molar refractivity (Wildman–Crippen MR) is 142 cm³/mol. The van der Waals surface area contributed by atoms with E-state index in [0.29, 0.717) is 21.9 Å². The maximum Gasteiger partial charge on any atom is 0.329 e. The standard InChI is InChI=1S/C28H25FN4O6/c1-17-10-12-19(13-11-17)30-25(35)16-39-26-18(6-5-9-23(26)38-2)14-22-27(36)33(28(37)32-22)15-24(34)31-21-8-4-3-7-20(21)29/h3-14H,15-16H2,1-2H3,(H,30,35)(H,31,34)(H,32,37)/b22-14+. The SMILES string of the molecule is COc1cccc(/C=C2/NC(=O)N(CC(=O)Nc3ccccc3F)C2=O)c1OCC(=O)Nc1ccc(C)cc1. The fraction of sp³-hybridized carbons (Fsp3) is 0.143. The Morgan fingerprint density at radius 3 is 2.44 bits per heavy atom. The van der Waals surface area contributed by atoms with Crippen LogP contribution >= 0.6 is 0 Å². The zero-order valence-electron chi connectivity index (χ0n) is 21.1. The Bertz CT molecular complexity index is 1450. The monoisotopic (exact) mass is 532 g/mol. The number of amides is 5. The lowest BCUT2D eigenvalue weighted by atomic mass is 10.1. The molecule has 0 saturated carbocycles. The van der Waals surface area contributed by atoms with Crippen LogP contribution in [0.15, 0.2) is 72.4 Å². The summed E-state index contributed by atoms with van der Waals surface area (Å²) >= 11 is 0. The second-order valence-corrected chi connectivity index (χ2v) is 8.49. The zero-order valence-corrected chi connectivity index (χ0v) is 21.1. The van der Waals surface area contributed by atoms with E-state index in [1.54, 1.807) is 30.3 Å². The van der Waals surface area contributed by atoms with E-state index in [9.17, 15) is 23.6 Å². The fourth-order valence-corrected chi connectivity index (χ4v) is 3.70. The zero-order chi connectivity index (χ0) is 27.9. The van der Waals surface area contributed by atoms with E-state index >= 15 is 0 Å². The Hall–Kier alpha value is -5.19. The van der Waals surface area contributed by atoms with Gasteiger partial charge in [-0.05, 0) is 43.3 Å². The van der Waals surface area contributed by atoms with Crippen LogP contribution in [-0.4, -0.2) is 48.9 Å². The minimum atomic E-state index is -0.822. The maximum absolute atomic E-state index is 13.8. The molecular formula is C28H25FN4O6. The number of anilines is 2. The van der Waals surface area contributed by atoms with E-state index in [1.807, 2.05) is 19.1 Å². The molecule has 0 atom stereocenters. The predicted octanol–water partition coefficient (Wildman–Crippen LogP) is 3.69. The van der Waals surface area contributed by atoms with Crippen molar-refractivity contribution < 1.29 is 33.0 Å². The molecule has 11 heteroatoms. The largest absolute Gasteiger partial charge is 0.493 e. The number of carbonyl (C=O) groups is 4. The molecule has 0 spiro atoms. The van der Waals surface area contributed by atoms with Gasteiger partial charge < -0.3 is 25.4 Å². The molecule has 0 aromatic heterocycles. The number of halogens is 1. The molecule has 0 bridgehead atoms. The molecule has 200 valence electrons. The van der Waals surface area contributed by atoms with Gasteiger partial charge in [-0.1, -0.05) is 42.0 Å². The topological polar surface area (TPSA) is 126 Å². The van der Waals surface area contributed by atoms with Gasteiger partial charge in [-0.15, -0.1) is 0 Å². The first-order valence-electron chi connectivity index (χ1n) is 11.8. The van der Waals surface area contributed by atoms with Crippen LogP contribution in [0.4, 0.5) is 20.6 Å². The Morgan fingerprint density at radius 2 is 1.72 bits per heavy atom. The van der Waals surface area contributed by atoms with E-state index in [1.165, 1.54) is 37.5 Å². The quantitative estimate of drug-likeness (QED) is 0.285. The van der Waals surface area contributed by atoms with Crippen LogP contribution in [-0.2, 0) is 14.4 Å². The number of aryl methyl sites for hydroxylation is 1. The van der Waals surface area contributed by atoms with Gasteiger partial charge in [0.05, 0.1) is 12.8 Å². The van der Waals surface area contributed by atoms with Crippen molar-refractivity contribution in [3.05, 3.63) is 89.4 Å². The molecule has 0 aliphatic carbocycles. The van der Waals surface area contributed by atoms with E-state index in [4.69, 9.17) is 9.47 Å². The van der Waals surface area contributed by atoms with Crippen molar-refractivity contribution in [1.29, 1.82) is 0 Å². The summed E-state index contributed by atoms with van der Waals surface area (Å²) in [5, 5.41) is 7.48. The summed E-state index contributed by atoms with van der Waals surface area (Å²) in [5.41, 5.74) is 1.80. The molecule has 0 unspecified atom stereocenters. The number of rotatable bonds is 9. The second-order valence-electron chi connectivity index (χ2n) is 8.49. The number of para-hydroxylation sites is 2. The molecule has 1 heterocycles. The molecule has 39 heavy (non-hydrogen) atoms. The third-order valence-corrected chi connectivity index (χ3v) is 5.62. The van der Waals surface area contributed by atoms with Crippen molar-refractivity contribution in [3.8, 4) is 11.5 Å². The normalized spacial score (nSPS) is 13.7. The first kappa shape index (κ1) is 26.9. The van der Waals surface area contributed by atoms with Gasteiger partial charge in [0.25, 0.3) is 11.8 Å². The lowest BCUT2D eigenvalue weighted by molar-refractivity contribution is -0.127. The number of hydrogen-bond acceptors (Lipinski definition) is 6. The molecule has 3 aromatic rings. The number of benzene rings is 3. The molecule has 1 fully saturated rings. The summed E-state index contributed by atoms with van der Waals surface area (Å²) in [7, 11) is 1.42. The average molecular weight is 533 g/mol. The highest BCUT2D eigenvalue weighted by molar-refractivity contribution is 6.16. The Balaban J connectivity index is 1.47.